The quantitative estimate of drug-likeness (QED) is 0.474. The average molecular weight is 449 g/mol. The molecule has 1 fully saturated rings. The Hall–Kier alpha value is -1.83. The Balaban J connectivity index is 1.44. The minimum absolute atomic E-state index is 0.593. The van der Waals surface area contributed by atoms with Gasteiger partial charge in [0.05, 0.1) is 12.2 Å². The van der Waals surface area contributed by atoms with Crippen molar-refractivity contribution in [3.63, 3.8) is 0 Å². The first kappa shape index (κ1) is 22.8. The molecule has 0 unspecified atom stereocenters. The molecule has 0 amide bonds. The molecule has 30 heavy (non-hydrogen) atoms. The van der Waals surface area contributed by atoms with Crippen molar-refractivity contribution < 1.29 is 0 Å². The minimum Gasteiger partial charge on any atom is -0.357 e. The fourth-order valence-electron chi connectivity index (χ4n) is 3.53. The van der Waals surface area contributed by atoms with Crippen LogP contribution in [0, 0.1) is 5.92 Å². The molecule has 0 atom stereocenters. The fourth-order valence-corrected chi connectivity index (χ4v) is 4.48. The van der Waals surface area contributed by atoms with E-state index >= 15 is 0 Å². The Morgan fingerprint density at radius 3 is 2.70 bits per heavy atom. The number of anilines is 1. The van der Waals surface area contributed by atoms with Gasteiger partial charge in [-0.05, 0) is 50.4 Å². The van der Waals surface area contributed by atoms with Crippen molar-refractivity contribution in [2.45, 2.75) is 32.9 Å². The molecule has 164 valence electrons. The first-order valence-corrected chi connectivity index (χ1v) is 11.9. The summed E-state index contributed by atoms with van der Waals surface area (Å²) in [5.74, 6) is 1.53. The molecule has 2 aromatic rings. The van der Waals surface area contributed by atoms with Gasteiger partial charge in [0.25, 0.3) is 0 Å². The highest BCUT2D eigenvalue weighted by Crippen LogP contribution is 2.22. The summed E-state index contributed by atoms with van der Waals surface area (Å²) >= 11 is 7.97. The fraction of sp³-hybridized carbons (Fsp3) is 0.545. The standard InChI is InChI=1S/C22H33ClN6S/c1-4-24-21(26-14-19-16-30-22(27-19)28(2)3)25-13-17-9-11-29(12-10-17)15-18-7-5-6-8-20(18)23/h5-8,16-17H,4,9-15H2,1-3H3,(H2,24,25,26). The first-order chi connectivity index (χ1) is 14.5. The molecule has 2 heterocycles. The zero-order chi connectivity index (χ0) is 21.3. The van der Waals surface area contributed by atoms with Crippen LogP contribution in [-0.4, -0.2) is 56.1 Å². The zero-order valence-electron chi connectivity index (χ0n) is 18.2. The maximum atomic E-state index is 6.31. The minimum atomic E-state index is 0.593. The summed E-state index contributed by atoms with van der Waals surface area (Å²) in [5, 5.41) is 10.8. The Labute approximate surface area is 189 Å². The summed E-state index contributed by atoms with van der Waals surface area (Å²) in [6, 6.07) is 8.15. The van der Waals surface area contributed by atoms with Gasteiger partial charge in [0.15, 0.2) is 11.1 Å². The van der Waals surface area contributed by atoms with E-state index in [4.69, 9.17) is 16.6 Å². The molecule has 0 bridgehead atoms. The molecular formula is C22H33ClN6S. The van der Waals surface area contributed by atoms with Gasteiger partial charge in [0.1, 0.15) is 0 Å². The van der Waals surface area contributed by atoms with Crippen LogP contribution in [0.4, 0.5) is 5.13 Å². The Bertz CT molecular complexity index is 813. The molecule has 1 aliphatic rings. The van der Waals surface area contributed by atoms with E-state index in [2.05, 4.69) is 45.0 Å². The Kier molecular flexibility index (Phi) is 8.78. The lowest BCUT2D eigenvalue weighted by Crippen LogP contribution is -2.42. The normalized spacial score (nSPS) is 15.9. The number of hydrogen-bond donors (Lipinski definition) is 2. The molecule has 8 heteroatoms. The Morgan fingerprint density at radius 1 is 1.27 bits per heavy atom. The predicted octanol–water partition coefficient (Wildman–Crippen LogP) is 3.83. The van der Waals surface area contributed by atoms with E-state index in [1.54, 1.807) is 11.3 Å². The molecule has 0 saturated carbocycles. The van der Waals surface area contributed by atoms with Gasteiger partial charge in [-0.15, -0.1) is 11.3 Å². The highest BCUT2D eigenvalue weighted by atomic mass is 35.5. The maximum Gasteiger partial charge on any atom is 0.191 e. The van der Waals surface area contributed by atoms with Crippen molar-refractivity contribution in [1.29, 1.82) is 0 Å². The van der Waals surface area contributed by atoms with Crippen LogP contribution >= 0.6 is 22.9 Å². The molecule has 0 spiro atoms. The number of rotatable bonds is 8. The summed E-state index contributed by atoms with van der Waals surface area (Å²) < 4.78 is 0. The molecule has 0 radical (unpaired) electrons. The van der Waals surface area contributed by atoms with E-state index < -0.39 is 0 Å². The molecular weight excluding hydrogens is 416 g/mol. The van der Waals surface area contributed by atoms with Crippen LogP contribution in [0.2, 0.25) is 5.02 Å². The second-order valence-electron chi connectivity index (χ2n) is 7.90. The summed E-state index contributed by atoms with van der Waals surface area (Å²) in [6.45, 7) is 7.64. The van der Waals surface area contributed by atoms with Gasteiger partial charge in [-0.25, -0.2) is 9.98 Å². The number of thiazole rings is 1. The molecule has 2 N–H and O–H groups in total. The van der Waals surface area contributed by atoms with Crippen molar-refractivity contribution in [2.24, 2.45) is 10.9 Å². The molecule has 1 aliphatic heterocycles. The third kappa shape index (κ3) is 6.86. The molecule has 1 saturated heterocycles. The van der Waals surface area contributed by atoms with Crippen LogP contribution in [0.1, 0.15) is 31.0 Å². The lowest BCUT2D eigenvalue weighted by Gasteiger charge is -2.32. The number of nitrogens with zero attached hydrogens (tertiary/aromatic N) is 4. The van der Waals surface area contributed by atoms with Gasteiger partial charge < -0.3 is 15.5 Å². The van der Waals surface area contributed by atoms with Crippen LogP contribution in [-0.2, 0) is 13.1 Å². The van der Waals surface area contributed by atoms with Gasteiger partial charge in [-0.3, -0.25) is 4.90 Å². The average Bonchev–Trinajstić information content (AvgIpc) is 3.22. The van der Waals surface area contributed by atoms with Crippen LogP contribution in [0.5, 0.6) is 0 Å². The highest BCUT2D eigenvalue weighted by Gasteiger charge is 2.20. The van der Waals surface area contributed by atoms with Gasteiger partial charge >= 0.3 is 0 Å². The molecule has 1 aromatic carbocycles. The maximum absolute atomic E-state index is 6.31. The molecule has 0 aliphatic carbocycles. The van der Waals surface area contributed by atoms with Crippen LogP contribution in [0.3, 0.4) is 0 Å². The van der Waals surface area contributed by atoms with Crippen LogP contribution < -0.4 is 15.5 Å². The predicted molar refractivity (Wildman–Crippen MR) is 129 cm³/mol. The molecule has 6 nitrogen and oxygen atoms in total. The number of likely N-dealkylation sites (tertiary alicyclic amines) is 1. The van der Waals surface area contributed by atoms with Gasteiger partial charge in [-0.1, -0.05) is 29.8 Å². The monoisotopic (exact) mass is 448 g/mol. The number of aromatic nitrogens is 1. The number of hydrogen-bond acceptors (Lipinski definition) is 5. The van der Waals surface area contributed by atoms with E-state index in [9.17, 15) is 0 Å². The number of guanidine groups is 1. The smallest absolute Gasteiger partial charge is 0.191 e. The van der Waals surface area contributed by atoms with E-state index in [1.807, 2.05) is 31.1 Å². The third-order valence-corrected chi connectivity index (χ3v) is 6.71. The topological polar surface area (TPSA) is 55.8 Å². The van der Waals surface area contributed by atoms with Crippen LogP contribution in [0.25, 0.3) is 0 Å². The third-order valence-electron chi connectivity index (χ3n) is 5.28. The van der Waals surface area contributed by atoms with E-state index in [1.165, 1.54) is 18.4 Å². The van der Waals surface area contributed by atoms with Crippen LogP contribution in [0.15, 0.2) is 34.6 Å². The summed E-state index contributed by atoms with van der Waals surface area (Å²) in [4.78, 5) is 13.9. The van der Waals surface area contributed by atoms with Crippen molar-refractivity contribution in [3.8, 4) is 0 Å². The number of piperidine rings is 1. The highest BCUT2D eigenvalue weighted by molar-refractivity contribution is 7.13. The molecule has 3 rings (SSSR count). The number of benzene rings is 1. The Morgan fingerprint density at radius 2 is 2.03 bits per heavy atom. The number of aliphatic imine (C=N–C) groups is 1. The van der Waals surface area contributed by atoms with E-state index in [-0.39, 0.29) is 0 Å². The van der Waals surface area contributed by atoms with Crippen molar-refractivity contribution in [3.05, 3.63) is 45.9 Å². The summed E-state index contributed by atoms with van der Waals surface area (Å²) in [6.07, 6.45) is 2.38. The summed E-state index contributed by atoms with van der Waals surface area (Å²) in [7, 11) is 4.02. The van der Waals surface area contributed by atoms with Crippen molar-refractivity contribution >= 4 is 34.0 Å². The lowest BCUT2D eigenvalue weighted by atomic mass is 9.96. The van der Waals surface area contributed by atoms with Crippen molar-refractivity contribution in [2.75, 3.05) is 45.2 Å². The van der Waals surface area contributed by atoms with Gasteiger partial charge in [0, 0.05) is 44.1 Å². The van der Waals surface area contributed by atoms with E-state index in [0.717, 1.165) is 54.5 Å². The second-order valence-corrected chi connectivity index (χ2v) is 9.15. The lowest BCUT2D eigenvalue weighted by molar-refractivity contribution is 0.178. The number of halogens is 1. The van der Waals surface area contributed by atoms with Crippen molar-refractivity contribution in [1.82, 2.24) is 20.5 Å². The largest absolute Gasteiger partial charge is 0.357 e. The SMILES string of the molecule is CCNC(=NCc1csc(N(C)C)n1)NCC1CCN(Cc2ccccc2Cl)CC1. The second kappa shape index (κ2) is 11.5. The first-order valence-electron chi connectivity index (χ1n) is 10.6. The molecule has 1 aromatic heterocycles. The number of nitrogens with one attached hydrogen (secondary N) is 2. The van der Waals surface area contributed by atoms with Gasteiger partial charge in [0.2, 0.25) is 0 Å². The zero-order valence-corrected chi connectivity index (χ0v) is 19.8. The summed E-state index contributed by atoms with van der Waals surface area (Å²) in [5.41, 5.74) is 2.23. The van der Waals surface area contributed by atoms with Gasteiger partial charge in [-0.2, -0.15) is 0 Å². The van der Waals surface area contributed by atoms with E-state index in [0.29, 0.717) is 12.5 Å².